The van der Waals surface area contributed by atoms with Crippen LogP contribution in [0.3, 0.4) is 0 Å². The number of rotatable bonds is 6. The Balaban J connectivity index is 3.08. The second kappa shape index (κ2) is 7.22. The standard InChI is InChI=1S/C13H15BrO3/c1-2-17-13(16)12-6-3-5-10(9-14)11(12)7-4-8-15/h3,5-6,8H,2,4,7,9H2,1H3. The lowest BCUT2D eigenvalue weighted by Crippen LogP contribution is -2.10. The van der Waals surface area contributed by atoms with Gasteiger partial charge >= 0.3 is 5.97 Å². The Labute approximate surface area is 109 Å². The van der Waals surface area contributed by atoms with Crippen molar-refractivity contribution in [3.8, 4) is 0 Å². The Hall–Kier alpha value is -1.16. The zero-order valence-corrected chi connectivity index (χ0v) is 11.3. The average Bonchev–Trinajstić information content (AvgIpc) is 2.36. The number of aldehydes is 1. The SMILES string of the molecule is CCOC(=O)c1cccc(CBr)c1CCC=O. The average molecular weight is 299 g/mol. The van der Waals surface area contributed by atoms with Crippen LogP contribution in [0.2, 0.25) is 0 Å². The molecule has 0 saturated heterocycles. The highest BCUT2D eigenvalue weighted by molar-refractivity contribution is 9.08. The highest BCUT2D eigenvalue weighted by Gasteiger charge is 2.14. The van der Waals surface area contributed by atoms with Gasteiger partial charge in [-0.05, 0) is 30.5 Å². The van der Waals surface area contributed by atoms with E-state index >= 15 is 0 Å². The molecule has 1 aromatic carbocycles. The van der Waals surface area contributed by atoms with E-state index in [1.54, 1.807) is 13.0 Å². The van der Waals surface area contributed by atoms with Crippen molar-refractivity contribution < 1.29 is 14.3 Å². The summed E-state index contributed by atoms with van der Waals surface area (Å²) in [5.74, 6) is -0.323. The van der Waals surface area contributed by atoms with Crippen molar-refractivity contribution in [2.24, 2.45) is 0 Å². The van der Waals surface area contributed by atoms with Crippen LogP contribution in [0.25, 0.3) is 0 Å². The predicted octanol–water partition coefficient (Wildman–Crippen LogP) is 2.89. The van der Waals surface area contributed by atoms with E-state index in [-0.39, 0.29) is 5.97 Å². The molecule has 92 valence electrons. The maximum Gasteiger partial charge on any atom is 0.338 e. The van der Waals surface area contributed by atoms with E-state index in [0.717, 1.165) is 17.4 Å². The van der Waals surface area contributed by atoms with E-state index in [4.69, 9.17) is 4.74 Å². The third kappa shape index (κ3) is 3.66. The normalized spacial score (nSPS) is 10.0. The fraction of sp³-hybridized carbons (Fsp3) is 0.385. The summed E-state index contributed by atoms with van der Waals surface area (Å²) in [5.41, 5.74) is 2.48. The van der Waals surface area contributed by atoms with Gasteiger partial charge in [-0.15, -0.1) is 0 Å². The summed E-state index contributed by atoms with van der Waals surface area (Å²) in [5, 5.41) is 0.661. The van der Waals surface area contributed by atoms with Gasteiger partial charge in [0.05, 0.1) is 12.2 Å². The summed E-state index contributed by atoms with van der Waals surface area (Å²) < 4.78 is 5.01. The molecule has 0 amide bonds. The lowest BCUT2D eigenvalue weighted by Gasteiger charge is -2.11. The summed E-state index contributed by atoms with van der Waals surface area (Å²) in [6.07, 6.45) is 1.84. The number of ether oxygens (including phenoxy) is 1. The van der Waals surface area contributed by atoms with E-state index in [0.29, 0.717) is 30.3 Å². The second-order valence-corrected chi connectivity index (χ2v) is 4.06. The zero-order chi connectivity index (χ0) is 12.7. The largest absolute Gasteiger partial charge is 0.462 e. The van der Waals surface area contributed by atoms with Crippen LogP contribution in [0.15, 0.2) is 18.2 Å². The quantitative estimate of drug-likeness (QED) is 0.461. The van der Waals surface area contributed by atoms with Crippen LogP contribution >= 0.6 is 15.9 Å². The monoisotopic (exact) mass is 298 g/mol. The topological polar surface area (TPSA) is 43.4 Å². The first-order chi connectivity index (χ1) is 8.24. The number of alkyl halides is 1. The summed E-state index contributed by atoms with van der Waals surface area (Å²) in [6, 6.07) is 5.51. The molecular formula is C13H15BrO3. The second-order valence-electron chi connectivity index (χ2n) is 3.50. The van der Waals surface area contributed by atoms with E-state index in [1.807, 2.05) is 12.1 Å². The third-order valence-electron chi connectivity index (χ3n) is 2.42. The molecule has 0 spiro atoms. The van der Waals surface area contributed by atoms with Crippen LogP contribution in [0.5, 0.6) is 0 Å². The third-order valence-corrected chi connectivity index (χ3v) is 3.03. The molecule has 3 nitrogen and oxygen atoms in total. The first-order valence-corrected chi connectivity index (χ1v) is 6.64. The van der Waals surface area contributed by atoms with E-state index in [2.05, 4.69) is 15.9 Å². The van der Waals surface area contributed by atoms with Crippen LogP contribution in [-0.2, 0) is 21.3 Å². The number of halogens is 1. The van der Waals surface area contributed by atoms with Gasteiger partial charge in [0.2, 0.25) is 0 Å². The molecule has 0 atom stereocenters. The van der Waals surface area contributed by atoms with Crippen molar-refractivity contribution in [2.75, 3.05) is 6.61 Å². The Kier molecular flexibility index (Phi) is 5.91. The Morgan fingerprint density at radius 3 is 2.82 bits per heavy atom. The molecule has 0 aliphatic rings. The zero-order valence-electron chi connectivity index (χ0n) is 9.74. The van der Waals surface area contributed by atoms with Gasteiger partial charge in [0, 0.05) is 11.8 Å². The number of esters is 1. The maximum absolute atomic E-state index is 11.8. The highest BCUT2D eigenvalue weighted by Crippen LogP contribution is 2.20. The predicted molar refractivity (Wildman–Crippen MR) is 69.4 cm³/mol. The number of hydrogen-bond acceptors (Lipinski definition) is 3. The number of benzene rings is 1. The lowest BCUT2D eigenvalue weighted by atomic mass is 9.98. The maximum atomic E-state index is 11.8. The molecule has 0 saturated carbocycles. The van der Waals surface area contributed by atoms with Gasteiger partial charge in [0.15, 0.2) is 0 Å². The molecule has 0 bridgehead atoms. The van der Waals surface area contributed by atoms with Gasteiger partial charge in [-0.1, -0.05) is 28.1 Å². The fourth-order valence-corrected chi connectivity index (χ4v) is 2.18. The fourth-order valence-electron chi connectivity index (χ4n) is 1.66. The van der Waals surface area contributed by atoms with Gasteiger partial charge in [0.1, 0.15) is 6.29 Å². The van der Waals surface area contributed by atoms with Crippen molar-refractivity contribution in [3.63, 3.8) is 0 Å². The molecule has 17 heavy (non-hydrogen) atoms. The Bertz CT molecular complexity index is 402. The van der Waals surface area contributed by atoms with Crippen molar-refractivity contribution >= 4 is 28.2 Å². The van der Waals surface area contributed by atoms with Crippen LogP contribution in [0.4, 0.5) is 0 Å². The van der Waals surface area contributed by atoms with Crippen LogP contribution in [0.1, 0.15) is 34.8 Å². The molecule has 4 heteroatoms. The van der Waals surface area contributed by atoms with E-state index < -0.39 is 0 Å². The van der Waals surface area contributed by atoms with Gasteiger partial charge in [-0.3, -0.25) is 0 Å². The summed E-state index contributed by atoms with van der Waals surface area (Å²) in [4.78, 5) is 22.2. The minimum absolute atomic E-state index is 0.323. The summed E-state index contributed by atoms with van der Waals surface area (Å²) >= 11 is 3.38. The molecule has 1 aromatic rings. The smallest absolute Gasteiger partial charge is 0.338 e. The molecule has 0 aromatic heterocycles. The molecule has 0 heterocycles. The molecule has 0 fully saturated rings. The van der Waals surface area contributed by atoms with Crippen LogP contribution in [0, 0.1) is 0 Å². The number of carbonyl (C=O) groups is 2. The van der Waals surface area contributed by atoms with Gasteiger partial charge in [-0.25, -0.2) is 4.79 Å². The highest BCUT2D eigenvalue weighted by atomic mass is 79.9. The van der Waals surface area contributed by atoms with Gasteiger partial charge in [-0.2, -0.15) is 0 Å². The van der Waals surface area contributed by atoms with Crippen molar-refractivity contribution in [2.45, 2.75) is 25.1 Å². The van der Waals surface area contributed by atoms with Crippen molar-refractivity contribution in [1.82, 2.24) is 0 Å². The lowest BCUT2D eigenvalue weighted by molar-refractivity contribution is -0.107. The van der Waals surface area contributed by atoms with Crippen LogP contribution < -0.4 is 0 Å². The Morgan fingerprint density at radius 2 is 2.24 bits per heavy atom. The van der Waals surface area contributed by atoms with Gasteiger partial charge in [0.25, 0.3) is 0 Å². The molecule has 0 unspecified atom stereocenters. The number of carbonyl (C=O) groups excluding carboxylic acids is 2. The Morgan fingerprint density at radius 1 is 1.47 bits per heavy atom. The molecule has 1 rings (SSSR count). The summed E-state index contributed by atoms with van der Waals surface area (Å²) in [7, 11) is 0. The molecule has 0 aliphatic carbocycles. The molecule has 0 N–H and O–H groups in total. The van der Waals surface area contributed by atoms with Gasteiger partial charge < -0.3 is 9.53 Å². The minimum atomic E-state index is -0.323. The van der Waals surface area contributed by atoms with Crippen molar-refractivity contribution in [1.29, 1.82) is 0 Å². The summed E-state index contributed by atoms with van der Waals surface area (Å²) in [6.45, 7) is 2.13. The van der Waals surface area contributed by atoms with E-state index in [1.165, 1.54) is 0 Å². The van der Waals surface area contributed by atoms with E-state index in [9.17, 15) is 9.59 Å². The first kappa shape index (κ1) is 13.9. The first-order valence-electron chi connectivity index (χ1n) is 5.52. The minimum Gasteiger partial charge on any atom is -0.462 e. The van der Waals surface area contributed by atoms with Crippen molar-refractivity contribution in [3.05, 3.63) is 34.9 Å². The molecule has 0 radical (unpaired) electrons. The van der Waals surface area contributed by atoms with Crippen LogP contribution in [-0.4, -0.2) is 18.9 Å². The molecule has 0 aliphatic heterocycles. The number of hydrogen-bond donors (Lipinski definition) is 0. The molecular weight excluding hydrogens is 284 g/mol.